The molecule has 124 valence electrons. The first-order chi connectivity index (χ1) is 10.9. The number of hydrogen-bond donors (Lipinski definition) is 1. The highest BCUT2D eigenvalue weighted by Crippen LogP contribution is 2.30. The van der Waals surface area contributed by atoms with Gasteiger partial charge in [0.25, 0.3) is 0 Å². The quantitative estimate of drug-likeness (QED) is 0.853. The average Bonchev–Trinajstić information content (AvgIpc) is 3.01. The van der Waals surface area contributed by atoms with E-state index in [-0.39, 0.29) is 11.5 Å². The van der Waals surface area contributed by atoms with Crippen LogP contribution in [-0.4, -0.2) is 26.0 Å². The average molecular weight is 334 g/mol. The second-order valence-electron chi connectivity index (χ2n) is 6.78. The molecule has 0 fully saturated rings. The lowest BCUT2D eigenvalue weighted by atomic mass is 9.83. The van der Waals surface area contributed by atoms with E-state index in [0.717, 1.165) is 23.4 Å². The molecule has 5 heteroatoms. The van der Waals surface area contributed by atoms with Crippen molar-refractivity contribution in [2.75, 3.05) is 0 Å². The molecule has 1 aromatic carbocycles. The summed E-state index contributed by atoms with van der Waals surface area (Å²) in [7, 11) is 0. The predicted octanol–water partition coefficient (Wildman–Crippen LogP) is 4.37. The highest BCUT2D eigenvalue weighted by molar-refractivity contribution is 6.30. The molecule has 2 unspecified atom stereocenters. The molecule has 0 amide bonds. The molecule has 0 saturated heterocycles. The normalized spacial score (nSPS) is 15.0. The molecule has 0 radical (unpaired) electrons. The molecule has 0 aliphatic rings. The largest absolute Gasteiger partial charge is 0.390 e. The molecule has 1 heterocycles. The zero-order chi connectivity index (χ0) is 16.9. The smallest absolute Gasteiger partial charge is 0.137 e. The van der Waals surface area contributed by atoms with Gasteiger partial charge in [0.15, 0.2) is 0 Å². The molecular formula is C18H24ClN3O. The zero-order valence-electron chi connectivity index (χ0n) is 13.9. The minimum absolute atomic E-state index is 0.0904. The maximum atomic E-state index is 10.6. The number of aromatic nitrogens is 3. The maximum Gasteiger partial charge on any atom is 0.137 e. The molecule has 0 saturated carbocycles. The Morgan fingerprint density at radius 1 is 1.26 bits per heavy atom. The van der Waals surface area contributed by atoms with Crippen molar-refractivity contribution in [3.63, 3.8) is 0 Å². The maximum absolute atomic E-state index is 10.6. The fourth-order valence-corrected chi connectivity index (χ4v) is 2.59. The van der Waals surface area contributed by atoms with Crippen molar-refractivity contribution in [3.05, 3.63) is 53.6 Å². The molecule has 1 N–H and O–H groups in total. The van der Waals surface area contributed by atoms with Crippen molar-refractivity contribution in [1.82, 2.24) is 14.8 Å². The SMILES string of the molecule is CC(C)(C)C(O)C(CC/C=C/c1ccc(Cl)cc1)n1cncn1. The molecule has 1 aromatic heterocycles. The van der Waals surface area contributed by atoms with Gasteiger partial charge < -0.3 is 5.11 Å². The minimum atomic E-state index is -0.492. The van der Waals surface area contributed by atoms with Crippen LogP contribution in [0.3, 0.4) is 0 Å². The number of benzene rings is 1. The van der Waals surface area contributed by atoms with Crippen LogP contribution in [0.25, 0.3) is 6.08 Å². The second-order valence-corrected chi connectivity index (χ2v) is 7.22. The Hall–Kier alpha value is -1.65. The summed E-state index contributed by atoms with van der Waals surface area (Å²) < 4.78 is 1.76. The van der Waals surface area contributed by atoms with Gasteiger partial charge >= 0.3 is 0 Å². The van der Waals surface area contributed by atoms with Crippen LogP contribution in [-0.2, 0) is 0 Å². The highest BCUT2D eigenvalue weighted by atomic mass is 35.5. The molecule has 0 aliphatic heterocycles. The lowest BCUT2D eigenvalue weighted by molar-refractivity contribution is 0.00968. The zero-order valence-corrected chi connectivity index (χ0v) is 14.6. The summed E-state index contributed by atoms with van der Waals surface area (Å²) in [6.07, 6.45) is 8.51. The van der Waals surface area contributed by atoms with Gasteiger partial charge in [-0.2, -0.15) is 5.10 Å². The van der Waals surface area contributed by atoms with Gasteiger partial charge in [-0.25, -0.2) is 9.67 Å². The molecule has 0 spiro atoms. The van der Waals surface area contributed by atoms with E-state index in [2.05, 4.69) is 22.2 Å². The number of aliphatic hydroxyl groups excluding tert-OH is 1. The Labute approximate surface area is 142 Å². The summed E-state index contributed by atoms with van der Waals surface area (Å²) in [5.41, 5.74) is 0.902. The van der Waals surface area contributed by atoms with Crippen LogP contribution < -0.4 is 0 Å². The Morgan fingerprint density at radius 3 is 2.52 bits per heavy atom. The van der Waals surface area contributed by atoms with Gasteiger partial charge in [-0.05, 0) is 36.0 Å². The first-order valence-electron chi connectivity index (χ1n) is 7.82. The second kappa shape index (κ2) is 7.75. The van der Waals surface area contributed by atoms with E-state index in [1.807, 2.05) is 45.0 Å². The fraction of sp³-hybridized carbons (Fsp3) is 0.444. The molecule has 23 heavy (non-hydrogen) atoms. The summed E-state index contributed by atoms with van der Waals surface area (Å²) in [6.45, 7) is 6.10. The van der Waals surface area contributed by atoms with Crippen molar-refractivity contribution < 1.29 is 5.11 Å². The lowest BCUT2D eigenvalue weighted by Crippen LogP contribution is -2.35. The molecule has 0 aliphatic carbocycles. The van der Waals surface area contributed by atoms with E-state index in [4.69, 9.17) is 11.6 Å². The lowest BCUT2D eigenvalue weighted by Gasteiger charge is -2.32. The number of hydrogen-bond acceptors (Lipinski definition) is 3. The van der Waals surface area contributed by atoms with Gasteiger partial charge in [0.1, 0.15) is 12.7 Å². The highest BCUT2D eigenvalue weighted by Gasteiger charge is 2.31. The van der Waals surface area contributed by atoms with Gasteiger partial charge in [-0.1, -0.05) is 56.7 Å². The Kier molecular flexibility index (Phi) is 5.97. The molecule has 4 nitrogen and oxygen atoms in total. The van der Waals surface area contributed by atoms with Crippen molar-refractivity contribution in [3.8, 4) is 0 Å². The predicted molar refractivity (Wildman–Crippen MR) is 94.2 cm³/mol. The van der Waals surface area contributed by atoms with Crippen LogP contribution in [0, 0.1) is 5.41 Å². The van der Waals surface area contributed by atoms with Crippen LogP contribution in [0.15, 0.2) is 43.0 Å². The first-order valence-corrected chi connectivity index (χ1v) is 8.20. The van der Waals surface area contributed by atoms with Crippen LogP contribution in [0.5, 0.6) is 0 Å². The van der Waals surface area contributed by atoms with Gasteiger partial charge in [-0.3, -0.25) is 0 Å². The third-order valence-electron chi connectivity index (χ3n) is 3.84. The van der Waals surface area contributed by atoms with Crippen LogP contribution in [0.1, 0.15) is 45.2 Å². The van der Waals surface area contributed by atoms with Gasteiger partial charge in [-0.15, -0.1) is 0 Å². The van der Waals surface area contributed by atoms with Crippen LogP contribution in [0.4, 0.5) is 0 Å². The molecule has 2 atom stereocenters. The van der Waals surface area contributed by atoms with Gasteiger partial charge in [0, 0.05) is 5.02 Å². The summed E-state index contributed by atoms with van der Waals surface area (Å²) >= 11 is 5.88. The fourth-order valence-electron chi connectivity index (χ4n) is 2.46. The summed E-state index contributed by atoms with van der Waals surface area (Å²) in [4.78, 5) is 4.00. The van der Waals surface area contributed by atoms with Crippen molar-refractivity contribution in [2.45, 2.75) is 45.8 Å². The van der Waals surface area contributed by atoms with E-state index < -0.39 is 6.10 Å². The molecule has 2 rings (SSSR count). The number of nitrogens with zero attached hydrogens (tertiary/aromatic N) is 3. The number of allylic oxidation sites excluding steroid dienone is 1. The van der Waals surface area contributed by atoms with E-state index in [1.165, 1.54) is 6.33 Å². The van der Waals surface area contributed by atoms with E-state index in [9.17, 15) is 5.11 Å². The molecular weight excluding hydrogens is 310 g/mol. The third kappa shape index (κ3) is 5.19. The van der Waals surface area contributed by atoms with E-state index in [1.54, 1.807) is 11.0 Å². The van der Waals surface area contributed by atoms with Crippen LogP contribution in [0.2, 0.25) is 5.02 Å². The van der Waals surface area contributed by atoms with E-state index in [0.29, 0.717) is 0 Å². The molecule has 2 aromatic rings. The summed E-state index contributed by atoms with van der Waals surface area (Å²) in [6, 6.07) is 7.63. The Morgan fingerprint density at radius 2 is 1.96 bits per heavy atom. The van der Waals surface area contributed by atoms with Crippen molar-refractivity contribution in [1.29, 1.82) is 0 Å². The van der Waals surface area contributed by atoms with E-state index >= 15 is 0 Å². The minimum Gasteiger partial charge on any atom is -0.390 e. The number of rotatable bonds is 6. The number of halogens is 1. The number of aliphatic hydroxyl groups is 1. The Bertz CT molecular complexity index is 615. The third-order valence-corrected chi connectivity index (χ3v) is 4.09. The Balaban J connectivity index is 2.00. The topological polar surface area (TPSA) is 50.9 Å². The van der Waals surface area contributed by atoms with Crippen molar-refractivity contribution in [2.24, 2.45) is 5.41 Å². The standard InChI is InChI=1S/C18H24ClN3O/c1-18(2,3)17(23)16(22-13-20-12-21-22)7-5-4-6-14-8-10-15(19)11-9-14/h4,6,8-13,16-17,23H,5,7H2,1-3H3/b6-4+. The first kappa shape index (κ1) is 17.7. The summed E-state index contributed by atoms with van der Waals surface area (Å²) in [5, 5.41) is 15.6. The van der Waals surface area contributed by atoms with Crippen LogP contribution >= 0.6 is 11.6 Å². The summed E-state index contributed by atoms with van der Waals surface area (Å²) in [5.74, 6) is 0. The monoisotopic (exact) mass is 333 g/mol. The van der Waals surface area contributed by atoms with Gasteiger partial charge in [0.05, 0.1) is 12.1 Å². The van der Waals surface area contributed by atoms with Crippen molar-refractivity contribution >= 4 is 17.7 Å². The molecule has 0 bridgehead atoms. The van der Waals surface area contributed by atoms with Gasteiger partial charge in [0.2, 0.25) is 0 Å².